The molecule has 28 heavy (non-hydrogen) atoms. The lowest BCUT2D eigenvalue weighted by molar-refractivity contribution is 0.285. The third kappa shape index (κ3) is 4.53. The molecule has 2 heterocycles. The standard InChI is InChI=1S/C23H26N4O/c1-2-17-14-24-22(25-15-17)19-11-9-18(10-12-19)6-5-13-28-23-26-16-20-7-3-4-8-21(20)27-23/h9-12,14-16H,2-8,13H2,1H3. The normalized spacial score (nSPS) is 13.2. The second-order valence-corrected chi connectivity index (χ2v) is 7.25. The van der Waals surface area contributed by atoms with E-state index in [0.717, 1.165) is 49.1 Å². The van der Waals surface area contributed by atoms with Gasteiger partial charge in [0.05, 0.1) is 12.3 Å². The Morgan fingerprint density at radius 2 is 1.68 bits per heavy atom. The summed E-state index contributed by atoms with van der Waals surface area (Å²) in [6.45, 7) is 2.73. The molecule has 0 N–H and O–H groups in total. The minimum absolute atomic E-state index is 0.517. The van der Waals surface area contributed by atoms with Gasteiger partial charge in [0.25, 0.3) is 0 Å². The Morgan fingerprint density at radius 1 is 0.893 bits per heavy atom. The highest BCUT2D eigenvalue weighted by Gasteiger charge is 2.12. The van der Waals surface area contributed by atoms with Crippen LogP contribution < -0.4 is 4.74 Å². The molecule has 1 aromatic carbocycles. The van der Waals surface area contributed by atoms with Crippen LogP contribution in [-0.4, -0.2) is 26.5 Å². The molecule has 1 aliphatic carbocycles. The van der Waals surface area contributed by atoms with Crippen LogP contribution in [0.15, 0.2) is 42.9 Å². The molecule has 0 saturated heterocycles. The SMILES string of the molecule is CCc1cnc(-c2ccc(CCCOc3ncc4c(n3)CCCC4)cc2)nc1. The Morgan fingerprint density at radius 3 is 2.46 bits per heavy atom. The highest BCUT2D eigenvalue weighted by atomic mass is 16.5. The fraction of sp³-hybridized carbons (Fsp3) is 0.391. The van der Waals surface area contributed by atoms with Gasteiger partial charge in [0, 0.05) is 24.2 Å². The summed E-state index contributed by atoms with van der Waals surface area (Å²) in [5, 5.41) is 0. The maximum Gasteiger partial charge on any atom is 0.316 e. The van der Waals surface area contributed by atoms with Gasteiger partial charge < -0.3 is 4.74 Å². The molecule has 2 aromatic heterocycles. The summed E-state index contributed by atoms with van der Waals surface area (Å²) in [5.74, 6) is 0.775. The van der Waals surface area contributed by atoms with Crippen molar-refractivity contribution in [3.05, 3.63) is 65.2 Å². The molecule has 0 unspecified atom stereocenters. The van der Waals surface area contributed by atoms with Crippen LogP contribution in [0.5, 0.6) is 6.01 Å². The second-order valence-electron chi connectivity index (χ2n) is 7.25. The fourth-order valence-corrected chi connectivity index (χ4v) is 3.47. The first-order chi connectivity index (χ1) is 13.8. The van der Waals surface area contributed by atoms with Gasteiger partial charge in [-0.1, -0.05) is 31.2 Å². The fourth-order valence-electron chi connectivity index (χ4n) is 3.47. The molecule has 0 atom stereocenters. The van der Waals surface area contributed by atoms with E-state index in [0.29, 0.717) is 12.6 Å². The maximum atomic E-state index is 5.77. The molecule has 0 saturated carbocycles. The van der Waals surface area contributed by atoms with E-state index in [1.807, 2.05) is 18.6 Å². The first-order valence-corrected chi connectivity index (χ1v) is 10.2. The van der Waals surface area contributed by atoms with Crippen LogP contribution in [0.1, 0.15) is 48.6 Å². The summed E-state index contributed by atoms with van der Waals surface area (Å²) in [4.78, 5) is 17.8. The number of benzene rings is 1. The van der Waals surface area contributed by atoms with Gasteiger partial charge in [-0.25, -0.2) is 15.0 Å². The van der Waals surface area contributed by atoms with E-state index in [-0.39, 0.29) is 0 Å². The smallest absolute Gasteiger partial charge is 0.316 e. The Labute approximate surface area is 166 Å². The van der Waals surface area contributed by atoms with Crippen molar-refractivity contribution in [2.75, 3.05) is 6.61 Å². The number of aryl methyl sites for hydroxylation is 4. The van der Waals surface area contributed by atoms with Crippen LogP contribution in [0.3, 0.4) is 0 Å². The van der Waals surface area contributed by atoms with E-state index in [1.165, 1.54) is 29.7 Å². The van der Waals surface area contributed by atoms with Gasteiger partial charge >= 0.3 is 6.01 Å². The first-order valence-electron chi connectivity index (χ1n) is 10.2. The van der Waals surface area contributed by atoms with Crippen LogP contribution in [0.2, 0.25) is 0 Å². The second kappa shape index (κ2) is 8.91. The van der Waals surface area contributed by atoms with Crippen molar-refractivity contribution in [2.24, 2.45) is 0 Å². The maximum absolute atomic E-state index is 5.77. The molecule has 0 radical (unpaired) electrons. The van der Waals surface area contributed by atoms with Crippen LogP contribution in [0.4, 0.5) is 0 Å². The monoisotopic (exact) mass is 374 g/mol. The molecule has 0 amide bonds. The van der Waals surface area contributed by atoms with Gasteiger partial charge in [-0.2, -0.15) is 4.98 Å². The van der Waals surface area contributed by atoms with Gasteiger partial charge in [0.15, 0.2) is 5.82 Å². The highest BCUT2D eigenvalue weighted by molar-refractivity contribution is 5.55. The van der Waals surface area contributed by atoms with Crippen molar-refractivity contribution in [3.63, 3.8) is 0 Å². The van der Waals surface area contributed by atoms with E-state index < -0.39 is 0 Å². The van der Waals surface area contributed by atoms with Crippen molar-refractivity contribution < 1.29 is 4.74 Å². The topological polar surface area (TPSA) is 60.8 Å². The van der Waals surface area contributed by atoms with Gasteiger partial charge in [-0.05, 0) is 61.6 Å². The van der Waals surface area contributed by atoms with Crippen LogP contribution in [-0.2, 0) is 25.7 Å². The van der Waals surface area contributed by atoms with E-state index in [4.69, 9.17) is 4.74 Å². The van der Waals surface area contributed by atoms with Gasteiger partial charge in [0.1, 0.15) is 0 Å². The number of hydrogen-bond acceptors (Lipinski definition) is 5. The van der Waals surface area contributed by atoms with Gasteiger partial charge in [0.2, 0.25) is 0 Å². The zero-order valence-electron chi connectivity index (χ0n) is 16.4. The Kier molecular flexibility index (Phi) is 5.90. The number of ether oxygens (including phenoxy) is 1. The summed E-state index contributed by atoms with van der Waals surface area (Å²) in [5.41, 5.74) is 5.94. The zero-order chi connectivity index (χ0) is 19.2. The number of fused-ring (bicyclic) bond motifs is 1. The highest BCUT2D eigenvalue weighted by Crippen LogP contribution is 2.20. The van der Waals surface area contributed by atoms with Crippen molar-refractivity contribution in [2.45, 2.75) is 51.9 Å². The van der Waals surface area contributed by atoms with Crippen LogP contribution in [0, 0.1) is 0 Å². The molecule has 3 aromatic rings. The molecule has 0 bridgehead atoms. The lowest BCUT2D eigenvalue weighted by Gasteiger charge is -2.14. The Bertz CT molecular complexity index is 907. The van der Waals surface area contributed by atoms with Crippen molar-refractivity contribution in [1.82, 2.24) is 19.9 Å². The molecule has 5 heteroatoms. The predicted octanol–water partition coefficient (Wildman–Crippen LogP) is 4.39. The molecule has 0 fully saturated rings. The van der Waals surface area contributed by atoms with Crippen molar-refractivity contribution in [3.8, 4) is 17.4 Å². The van der Waals surface area contributed by atoms with Crippen molar-refractivity contribution in [1.29, 1.82) is 0 Å². The number of aromatic nitrogens is 4. The molecular weight excluding hydrogens is 348 g/mol. The molecule has 0 aliphatic heterocycles. The number of nitrogens with zero attached hydrogens (tertiary/aromatic N) is 4. The summed E-state index contributed by atoms with van der Waals surface area (Å²) >= 11 is 0. The summed E-state index contributed by atoms with van der Waals surface area (Å²) in [7, 11) is 0. The number of hydrogen-bond donors (Lipinski definition) is 0. The molecular formula is C23H26N4O. The minimum atomic E-state index is 0.517. The first kappa shape index (κ1) is 18.5. The van der Waals surface area contributed by atoms with Crippen LogP contribution >= 0.6 is 0 Å². The lowest BCUT2D eigenvalue weighted by Crippen LogP contribution is -2.09. The molecule has 4 rings (SSSR count). The third-order valence-electron chi connectivity index (χ3n) is 5.21. The Hall–Kier alpha value is -2.82. The molecule has 0 spiro atoms. The van der Waals surface area contributed by atoms with Gasteiger partial charge in [-0.3, -0.25) is 0 Å². The minimum Gasteiger partial charge on any atom is -0.463 e. The Balaban J connectivity index is 1.27. The van der Waals surface area contributed by atoms with E-state index in [2.05, 4.69) is 51.1 Å². The predicted molar refractivity (Wildman–Crippen MR) is 109 cm³/mol. The summed E-state index contributed by atoms with van der Waals surface area (Å²) in [6, 6.07) is 8.97. The quantitative estimate of drug-likeness (QED) is 0.574. The zero-order valence-corrected chi connectivity index (χ0v) is 16.4. The lowest BCUT2D eigenvalue weighted by atomic mass is 9.98. The van der Waals surface area contributed by atoms with Gasteiger partial charge in [-0.15, -0.1) is 0 Å². The van der Waals surface area contributed by atoms with E-state index >= 15 is 0 Å². The molecule has 1 aliphatic rings. The molecule has 5 nitrogen and oxygen atoms in total. The number of rotatable bonds is 7. The molecule has 144 valence electrons. The van der Waals surface area contributed by atoms with Crippen molar-refractivity contribution >= 4 is 0 Å². The summed E-state index contributed by atoms with van der Waals surface area (Å²) in [6.07, 6.45) is 13.2. The average Bonchev–Trinajstić information content (AvgIpc) is 2.77. The largest absolute Gasteiger partial charge is 0.463 e. The van der Waals surface area contributed by atoms with E-state index in [1.54, 1.807) is 0 Å². The van der Waals surface area contributed by atoms with E-state index in [9.17, 15) is 0 Å². The third-order valence-corrected chi connectivity index (χ3v) is 5.21. The van der Waals surface area contributed by atoms with Crippen LogP contribution in [0.25, 0.3) is 11.4 Å². The average molecular weight is 374 g/mol. The summed E-state index contributed by atoms with van der Waals surface area (Å²) < 4.78 is 5.77.